The second-order valence-corrected chi connectivity index (χ2v) is 17.3. The van der Waals surface area contributed by atoms with Gasteiger partial charge in [0.25, 0.3) is 0 Å². The predicted octanol–water partition coefficient (Wildman–Crippen LogP) is 14.9. The lowest BCUT2D eigenvalue weighted by Gasteiger charge is -2.32. The van der Waals surface area contributed by atoms with E-state index in [1.54, 1.807) is 0 Å². The van der Waals surface area contributed by atoms with Crippen LogP contribution in [0.4, 0.5) is 0 Å². The van der Waals surface area contributed by atoms with Crippen LogP contribution < -0.4 is 0 Å². The number of nitrogens with zero attached hydrogens (tertiary/aromatic N) is 3. The van der Waals surface area contributed by atoms with E-state index in [0.717, 1.165) is 27.8 Å². The zero-order valence-corrected chi connectivity index (χ0v) is 34.3. The van der Waals surface area contributed by atoms with Crippen LogP contribution in [0.2, 0.25) is 0 Å². The molecule has 288 valence electrons. The van der Waals surface area contributed by atoms with Crippen molar-refractivity contribution in [2.45, 2.75) is 5.41 Å². The van der Waals surface area contributed by atoms with Crippen molar-refractivity contribution in [3.63, 3.8) is 0 Å². The van der Waals surface area contributed by atoms with E-state index < -0.39 is 5.41 Å². The maximum Gasteiger partial charge on any atom is 0.164 e. The third-order valence-electron chi connectivity index (χ3n) is 13.0. The molecule has 0 unspecified atom stereocenters. The minimum atomic E-state index is -0.428. The zero-order valence-electron chi connectivity index (χ0n) is 33.5. The summed E-state index contributed by atoms with van der Waals surface area (Å²) >= 11 is 1.84. The summed E-state index contributed by atoms with van der Waals surface area (Å²) in [5.74, 6) is 1.93. The lowest BCUT2D eigenvalue weighted by molar-refractivity contribution is 0.796. The molecule has 4 heteroatoms. The quantitative estimate of drug-likeness (QED) is 0.174. The minimum Gasteiger partial charge on any atom is -0.208 e. The maximum atomic E-state index is 5.14. The molecule has 13 rings (SSSR count). The predicted molar refractivity (Wildman–Crippen MR) is 256 cm³/mol. The van der Waals surface area contributed by atoms with Crippen molar-refractivity contribution in [1.29, 1.82) is 0 Å². The second-order valence-electron chi connectivity index (χ2n) is 16.3. The lowest BCUT2D eigenvalue weighted by Crippen LogP contribution is -2.26. The lowest BCUT2D eigenvalue weighted by atomic mass is 9.68. The van der Waals surface area contributed by atoms with Gasteiger partial charge in [0.2, 0.25) is 0 Å². The first-order chi connectivity index (χ1) is 30.7. The van der Waals surface area contributed by atoms with E-state index >= 15 is 0 Å². The van der Waals surface area contributed by atoms with Gasteiger partial charge in [-0.05, 0) is 85.0 Å². The molecule has 1 spiro atoms. The van der Waals surface area contributed by atoms with Crippen molar-refractivity contribution >= 4 is 31.5 Å². The molecule has 0 saturated carbocycles. The van der Waals surface area contributed by atoms with Crippen molar-refractivity contribution in [2.75, 3.05) is 0 Å². The molecule has 3 nitrogen and oxygen atoms in total. The Hall–Kier alpha value is -7.79. The molecule has 0 radical (unpaired) electrons. The molecule has 0 fully saturated rings. The van der Waals surface area contributed by atoms with Crippen molar-refractivity contribution < 1.29 is 0 Å². The molecular weight excluding hydrogens is 771 g/mol. The summed E-state index contributed by atoms with van der Waals surface area (Å²) in [6.07, 6.45) is 0. The number of fused-ring (bicyclic) bond motifs is 13. The third-order valence-corrected chi connectivity index (χ3v) is 14.1. The van der Waals surface area contributed by atoms with Crippen LogP contribution in [0.15, 0.2) is 212 Å². The molecular formula is C58H35N3S. The summed E-state index contributed by atoms with van der Waals surface area (Å²) in [4.78, 5) is 15.3. The monoisotopic (exact) mass is 805 g/mol. The number of thiophene rings is 1. The second kappa shape index (κ2) is 13.6. The Morgan fingerprint density at radius 2 is 0.726 bits per heavy atom. The highest BCUT2D eigenvalue weighted by molar-refractivity contribution is 7.25. The van der Waals surface area contributed by atoms with E-state index in [9.17, 15) is 0 Å². The van der Waals surface area contributed by atoms with Crippen LogP contribution in [0.3, 0.4) is 0 Å². The molecule has 2 heterocycles. The maximum absolute atomic E-state index is 5.14. The van der Waals surface area contributed by atoms with E-state index in [2.05, 4.69) is 194 Å². The van der Waals surface area contributed by atoms with Crippen molar-refractivity contribution in [1.82, 2.24) is 15.0 Å². The molecule has 62 heavy (non-hydrogen) atoms. The summed E-state index contributed by atoms with van der Waals surface area (Å²) in [6, 6.07) is 76.8. The van der Waals surface area contributed by atoms with E-state index in [0.29, 0.717) is 17.5 Å². The van der Waals surface area contributed by atoms with Crippen molar-refractivity contribution in [2.24, 2.45) is 0 Å². The van der Waals surface area contributed by atoms with E-state index in [-0.39, 0.29) is 0 Å². The molecule has 0 saturated heterocycles. The highest BCUT2D eigenvalue weighted by Crippen LogP contribution is 2.64. The normalized spacial score (nSPS) is 13.0. The van der Waals surface area contributed by atoms with Gasteiger partial charge < -0.3 is 0 Å². The first-order valence-corrected chi connectivity index (χ1v) is 21.9. The fourth-order valence-electron chi connectivity index (χ4n) is 10.3. The van der Waals surface area contributed by atoms with E-state index in [4.69, 9.17) is 15.0 Å². The summed E-state index contributed by atoms with van der Waals surface area (Å²) in [5.41, 5.74) is 17.7. The SMILES string of the molecule is c1ccc(-c2nc(-c3ccc(-c4ccc5sc6ccccc6c5c4)cc3)nc(-c3ccc(-c4cccc5c4C4(c6ccccc6-c6ccccc64)c4ccccc4-5)cc3)n2)cc1. The zero-order chi connectivity index (χ0) is 40.8. The Kier molecular flexibility index (Phi) is 7.69. The molecule has 0 N–H and O–H groups in total. The van der Waals surface area contributed by atoms with Gasteiger partial charge in [-0.3, -0.25) is 0 Å². The summed E-state index contributed by atoms with van der Waals surface area (Å²) < 4.78 is 2.62. The smallest absolute Gasteiger partial charge is 0.164 e. The largest absolute Gasteiger partial charge is 0.208 e. The number of hydrogen-bond acceptors (Lipinski definition) is 4. The third kappa shape index (κ3) is 5.14. The Bertz CT molecular complexity index is 3500. The van der Waals surface area contributed by atoms with Gasteiger partial charge in [0.15, 0.2) is 17.5 Å². The number of aromatic nitrogens is 3. The standard InChI is InChI=1S/C58H35N3S/c1-2-13-38(14-3-1)55-59-56(39-29-25-36(26-30-39)41-33-34-53-48(35-41)46-18-7-11-24-52(46)62-53)61-57(60-55)40-31-27-37(28-32-40)42-19-12-20-47-45-17-6-10-23-51(45)58(54(42)47)49-21-8-4-15-43(49)44-16-5-9-22-50(44)58/h1-35H. The van der Waals surface area contributed by atoms with Gasteiger partial charge in [-0.25, -0.2) is 15.0 Å². The topological polar surface area (TPSA) is 38.7 Å². The Morgan fingerprint density at radius 3 is 1.35 bits per heavy atom. The molecule has 11 aromatic rings. The van der Waals surface area contributed by atoms with Gasteiger partial charge in [0, 0.05) is 36.9 Å². The molecule has 0 amide bonds. The Balaban J connectivity index is 0.911. The van der Waals surface area contributed by atoms with Crippen molar-refractivity contribution in [3.8, 4) is 78.7 Å². The molecule has 2 aliphatic carbocycles. The summed E-state index contributed by atoms with van der Waals surface area (Å²) in [7, 11) is 0. The van der Waals surface area contributed by atoms with Crippen LogP contribution in [-0.2, 0) is 5.41 Å². The van der Waals surface area contributed by atoms with Gasteiger partial charge in [0.1, 0.15) is 0 Å². The van der Waals surface area contributed by atoms with Crippen LogP contribution >= 0.6 is 11.3 Å². The van der Waals surface area contributed by atoms with Gasteiger partial charge in [-0.1, -0.05) is 194 Å². The van der Waals surface area contributed by atoms with Gasteiger partial charge in [0.05, 0.1) is 5.41 Å². The Morgan fingerprint density at radius 1 is 0.290 bits per heavy atom. The van der Waals surface area contributed by atoms with Crippen LogP contribution in [-0.4, -0.2) is 15.0 Å². The molecule has 2 aromatic heterocycles. The molecule has 0 aliphatic heterocycles. The van der Waals surface area contributed by atoms with E-state index in [1.807, 2.05) is 29.5 Å². The molecule has 0 atom stereocenters. The number of hydrogen-bond donors (Lipinski definition) is 0. The molecule has 0 bridgehead atoms. The van der Waals surface area contributed by atoms with Gasteiger partial charge in [-0.15, -0.1) is 11.3 Å². The average Bonchev–Trinajstić information content (AvgIpc) is 3.98. The van der Waals surface area contributed by atoms with Crippen LogP contribution in [0.5, 0.6) is 0 Å². The average molecular weight is 806 g/mol. The molecule has 2 aliphatic rings. The fourth-order valence-corrected chi connectivity index (χ4v) is 11.3. The van der Waals surface area contributed by atoms with Crippen LogP contribution in [0, 0.1) is 0 Å². The van der Waals surface area contributed by atoms with Crippen molar-refractivity contribution in [3.05, 3.63) is 235 Å². The summed E-state index contributed by atoms with van der Waals surface area (Å²) in [6.45, 7) is 0. The van der Waals surface area contributed by atoms with E-state index in [1.165, 1.54) is 75.8 Å². The molecule has 9 aromatic carbocycles. The van der Waals surface area contributed by atoms with Crippen LogP contribution in [0.1, 0.15) is 22.3 Å². The number of rotatable bonds is 5. The highest BCUT2D eigenvalue weighted by atomic mass is 32.1. The summed E-state index contributed by atoms with van der Waals surface area (Å²) in [5, 5.41) is 2.60. The van der Waals surface area contributed by atoms with Gasteiger partial charge in [-0.2, -0.15) is 0 Å². The number of benzene rings is 9. The van der Waals surface area contributed by atoms with Crippen LogP contribution in [0.25, 0.3) is 98.8 Å². The first kappa shape index (κ1) is 35.0. The Labute approximate surface area is 363 Å². The fraction of sp³-hybridized carbons (Fsp3) is 0.0172. The van der Waals surface area contributed by atoms with Gasteiger partial charge >= 0.3 is 0 Å². The minimum absolute atomic E-state index is 0.428. The first-order valence-electron chi connectivity index (χ1n) is 21.1. The highest BCUT2D eigenvalue weighted by Gasteiger charge is 2.52.